The molecule has 2 aromatic carbocycles. The molecule has 0 unspecified atom stereocenters. The quantitative estimate of drug-likeness (QED) is 0.363. The minimum atomic E-state index is -4.50. The second-order valence-electron chi connectivity index (χ2n) is 7.69. The predicted octanol–water partition coefficient (Wildman–Crippen LogP) is 5.94. The van der Waals surface area contributed by atoms with Gasteiger partial charge in [-0.2, -0.15) is 13.2 Å². The number of carbonyl (C=O) groups is 2. The molecule has 33 heavy (non-hydrogen) atoms. The summed E-state index contributed by atoms with van der Waals surface area (Å²) in [5.74, 6) is -0.825. The number of benzene rings is 2. The van der Waals surface area contributed by atoms with Crippen LogP contribution in [0.15, 0.2) is 53.4 Å². The fraction of sp³-hybridized carbons (Fsp3) is 0.182. The van der Waals surface area contributed by atoms with Crippen LogP contribution in [-0.4, -0.2) is 21.8 Å². The van der Waals surface area contributed by atoms with E-state index < -0.39 is 23.1 Å². The van der Waals surface area contributed by atoms with E-state index in [2.05, 4.69) is 20.6 Å². The van der Waals surface area contributed by atoms with Gasteiger partial charge in [-0.3, -0.25) is 9.59 Å². The maximum atomic E-state index is 13.1. The number of fused-ring (bicyclic) bond motifs is 1. The van der Waals surface area contributed by atoms with Crippen LogP contribution >= 0.6 is 22.7 Å². The molecule has 0 aliphatic carbocycles. The Morgan fingerprint density at radius 3 is 2.45 bits per heavy atom. The van der Waals surface area contributed by atoms with Crippen LogP contribution in [0.25, 0.3) is 10.2 Å². The molecule has 0 radical (unpaired) electrons. The molecule has 2 aromatic heterocycles. The van der Waals surface area contributed by atoms with Gasteiger partial charge in [0.1, 0.15) is 5.69 Å². The molecule has 0 aliphatic heterocycles. The summed E-state index contributed by atoms with van der Waals surface area (Å²) in [5.41, 5.74) is 1.23. The number of rotatable bonds is 5. The van der Waals surface area contributed by atoms with Crippen molar-refractivity contribution < 1.29 is 22.8 Å². The molecule has 4 aromatic rings. The molecule has 0 aliphatic rings. The number of nitrogens with one attached hydrogen (secondary N) is 2. The average Bonchev–Trinajstić information content (AvgIpc) is 3.42. The van der Waals surface area contributed by atoms with Gasteiger partial charge in [0, 0.05) is 11.1 Å². The van der Waals surface area contributed by atoms with Crippen molar-refractivity contribution in [3.63, 3.8) is 0 Å². The van der Waals surface area contributed by atoms with Gasteiger partial charge >= 0.3 is 6.18 Å². The molecule has 0 bridgehead atoms. The fourth-order valence-corrected chi connectivity index (χ4v) is 4.48. The van der Waals surface area contributed by atoms with Crippen LogP contribution in [-0.2, 0) is 16.4 Å². The van der Waals surface area contributed by atoms with E-state index in [9.17, 15) is 22.8 Å². The number of amides is 2. The summed E-state index contributed by atoms with van der Waals surface area (Å²) in [7, 11) is 0. The maximum absolute atomic E-state index is 13.1. The zero-order valence-corrected chi connectivity index (χ0v) is 19.0. The van der Waals surface area contributed by atoms with Crippen molar-refractivity contribution >= 4 is 55.5 Å². The van der Waals surface area contributed by atoms with Crippen molar-refractivity contribution in [1.82, 2.24) is 9.97 Å². The van der Waals surface area contributed by atoms with Crippen LogP contribution in [0.3, 0.4) is 0 Å². The lowest BCUT2D eigenvalue weighted by Crippen LogP contribution is -2.35. The Balaban J connectivity index is 1.52. The fourth-order valence-electron chi connectivity index (χ4n) is 3.04. The van der Waals surface area contributed by atoms with Crippen LogP contribution in [0, 0.1) is 0 Å². The third kappa shape index (κ3) is 4.88. The van der Waals surface area contributed by atoms with Gasteiger partial charge in [-0.1, -0.05) is 29.5 Å². The van der Waals surface area contributed by atoms with Crippen molar-refractivity contribution in [2.75, 3.05) is 10.6 Å². The first-order valence-corrected chi connectivity index (χ1v) is 11.4. The standard InChI is InChI=1S/C22H17F3N4O2S2/c1-21(2,12-4-3-5-13(8-12)22(23,24)25)19(31)29-20-28-15-7-6-14(9-17(15)33-20)27-18(30)16-10-32-11-26-16/h3-11H,1-2H3,(H,27,30)(H,28,29,31). The first-order valence-electron chi connectivity index (χ1n) is 9.63. The monoisotopic (exact) mass is 490 g/mol. The number of alkyl halides is 3. The summed E-state index contributed by atoms with van der Waals surface area (Å²) >= 11 is 2.51. The van der Waals surface area contributed by atoms with Gasteiger partial charge in [0.15, 0.2) is 5.13 Å². The molecular formula is C22H17F3N4O2S2. The molecule has 2 heterocycles. The number of thiazole rings is 2. The number of halogens is 3. The molecule has 0 atom stereocenters. The molecular weight excluding hydrogens is 473 g/mol. The normalized spacial score (nSPS) is 12.0. The van der Waals surface area contributed by atoms with Crippen molar-refractivity contribution in [2.24, 2.45) is 0 Å². The molecule has 2 amide bonds. The second kappa shape index (κ2) is 8.56. The van der Waals surface area contributed by atoms with Gasteiger partial charge in [-0.05, 0) is 43.7 Å². The van der Waals surface area contributed by atoms with Gasteiger partial charge in [0.25, 0.3) is 5.91 Å². The lowest BCUT2D eigenvalue weighted by Gasteiger charge is -2.24. The highest BCUT2D eigenvalue weighted by Gasteiger charge is 2.35. The number of anilines is 2. The highest BCUT2D eigenvalue weighted by Crippen LogP contribution is 2.34. The van der Waals surface area contributed by atoms with Gasteiger partial charge in [-0.25, -0.2) is 9.97 Å². The van der Waals surface area contributed by atoms with Crippen molar-refractivity contribution in [1.29, 1.82) is 0 Å². The molecule has 0 spiro atoms. The van der Waals surface area contributed by atoms with Gasteiger partial charge in [0.05, 0.1) is 26.7 Å². The molecule has 4 rings (SSSR count). The minimum Gasteiger partial charge on any atom is -0.321 e. The van der Waals surface area contributed by atoms with Gasteiger partial charge in [0.2, 0.25) is 5.91 Å². The third-order valence-corrected chi connectivity index (χ3v) is 6.53. The second-order valence-corrected chi connectivity index (χ2v) is 9.44. The molecule has 11 heteroatoms. The van der Waals surface area contributed by atoms with Gasteiger partial charge < -0.3 is 10.6 Å². The largest absolute Gasteiger partial charge is 0.416 e. The maximum Gasteiger partial charge on any atom is 0.416 e. The van der Waals surface area contributed by atoms with Crippen LogP contribution in [0.1, 0.15) is 35.5 Å². The number of hydrogen-bond acceptors (Lipinski definition) is 6. The Morgan fingerprint density at radius 1 is 1.00 bits per heavy atom. The van der Waals surface area contributed by atoms with E-state index in [1.165, 1.54) is 34.8 Å². The molecule has 170 valence electrons. The summed E-state index contributed by atoms with van der Waals surface area (Å²) in [4.78, 5) is 33.4. The van der Waals surface area contributed by atoms with Crippen molar-refractivity contribution in [2.45, 2.75) is 25.4 Å². The number of nitrogens with zero attached hydrogens (tertiary/aromatic N) is 2. The van der Waals surface area contributed by atoms with E-state index in [0.29, 0.717) is 22.0 Å². The van der Waals surface area contributed by atoms with E-state index in [1.54, 1.807) is 42.9 Å². The van der Waals surface area contributed by atoms with E-state index in [1.807, 2.05) is 0 Å². The molecule has 6 nitrogen and oxygen atoms in total. The molecule has 0 saturated carbocycles. The van der Waals surface area contributed by atoms with Crippen LogP contribution in [0.4, 0.5) is 24.0 Å². The van der Waals surface area contributed by atoms with E-state index in [-0.39, 0.29) is 11.5 Å². The van der Waals surface area contributed by atoms with E-state index in [4.69, 9.17) is 0 Å². The Morgan fingerprint density at radius 2 is 1.76 bits per heavy atom. The van der Waals surface area contributed by atoms with Crippen LogP contribution in [0.2, 0.25) is 0 Å². The lowest BCUT2D eigenvalue weighted by molar-refractivity contribution is -0.137. The first-order chi connectivity index (χ1) is 15.5. The summed E-state index contributed by atoms with van der Waals surface area (Å²) in [5, 5.41) is 7.40. The van der Waals surface area contributed by atoms with Crippen molar-refractivity contribution in [3.8, 4) is 0 Å². The SMILES string of the molecule is CC(C)(C(=O)Nc1nc2ccc(NC(=O)c3cscn3)cc2s1)c1cccc(C(F)(F)F)c1. The van der Waals surface area contributed by atoms with Crippen molar-refractivity contribution in [3.05, 3.63) is 70.2 Å². The highest BCUT2D eigenvalue weighted by atomic mass is 32.1. The number of carbonyl (C=O) groups excluding carboxylic acids is 2. The Labute approximate surface area is 194 Å². The molecule has 2 N–H and O–H groups in total. The Bertz CT molecular complexity index is 1330. The van der Waals surface area contributed by atoms with Gasteiger partial charge in [-0.15, -0.1) is 11.3 Å². The van der Waals surface area contributed by atoms with E-state index >= 15 is 0 Å². The summed E-state index contributed by atoms with van der Waals surface area (Å²) < 4.78 is 39.9. The number of aromatic nitrogens is 2. The average molecular weight is 491 g/mol. The Kier molecular flexibility index (Phi) is 5.93. The summed E-state index contributed by atoms with van der Waals surface area (Å²) in [6.45, 7) is 3.11. The first kappa shape index (κ1) is 22.9. The summed E-state index contributed by atoms with van der Waals surface area (Å²) in [6.07, 6.45) is -4.50. The lowest BCUT2D eigenvalue weighted by atomic mass is 9.83. The molecule has 0 saturated heterocycles. The predicted molar refractivity (Wildman–Crippen MR) is 123 cm³/mol. The third-order valence-electron chi connectivity index (χ3n) is 5.01. The van der Waals surface area contributed by atoms with E-state index in [0.717, 1.165) is 16.8 Å². The highest BCUT2D eigenvalue weighted by molar-refractivity contribution is 7.22. The zero-order chi connectivity index (χ0) is 23.8. The Hall–Kier alpha value is -3.31. The summed E-state index contributed by atoms with van der Waals surface area (Å²) in [6, 6.07) is 9.84. The minimum absolute atomic E-state index is 0.239. The topological polar surface area (TPSA) is 84.0 Å². The molecule has 0 fully saturated rings. The zero-order valence-electron chi connectivity index (χ0n) is 17.4. The van der Waals surface area contributed by atoms with Crippen LogP contribution < -0.4 is 10.6 Å². The van der Waals surface area contributed by atoms with Crippen LogP contribution in [0.5, 0.6) is 0 Å². The smallest absolute Gasteiger partial charge is 0.321 e. The number of hydrogen-bond donors (Lipinski definition) is 2.